The summed E-state index contributed by atoms with van der Waals surface area (Å²) in [5.41, 5.74) is 0. The Hall–Kier alpha value is -1.40. The fraction of sp³-hybridized carbons (Fsp3) is 0.364. The molecule has 0 aliphatic rings. The van der Waals surface area contributed by atoms with E-state index in [-0.39, 0.29) is 24.0 Å². The lowest BCUT2D eigenvalue weighted by Gasteiger charge is -2.01. The highest BCUT2D eigenvalue weighted by Gasteiger charge is 2.09. The van der Waals surface area contributed by atoms with Gasteiger partial charge in [0.1, 0.15) is 11.5 Å². The van der Waals surface area contributed by atoms with Crippen LogP contribution in [0.25, 0.3) is 0 Å². The molecule has 1 atom stereocenters. The van der Waals surface area contributed by atoms with Crippen molar-refractivity contribution < 1.29 is 18.5 Å². The van der Waals surface area contributed by atoms with Gasteiger partial charge in [0.15, 0.2) is 0 Å². The molecule has 1 amide bonds. The van der Waals surface area contributed by atoms with Crippen molar-refractivity contribution >= 4 is 16.7 Å². The summed E-state index contributed by atoms with van der Waals surface area (Å²) in [5.74, 6) is 0.523. The molecular formula is C11H15NO4S. The quantitative estimate of drug-likeness (QED) is 0.684. The lowest BCUT2D eigenvalue weighted by Crippen LogP contribution is -2.28. The van der Waals surface area contributed by atoms with Crippen LogP contribution in [0, 0.1) is 0 Å². The van der Waals surface area contributed by atoms with Crippen molar-refractivity contribution in [3.63, 3.8) is 0 Å². The van der Waals surface area contributed by atoms with Crippen LogP contribution in [0.2, 0.25) is 0 Å². The molecule has 1 aromatic rings. The molecule has 1 heterocycles. The van der Waals surface area contributed by atoms with Crippen molar-refractivity contribution in [2.24, 2.45) is 0 Å². The lowest BCUT2D eigenvalue weighted by atomic mass is 10.5. The van der Waals surface area contributed by atoms with E-state index < -0.39 is 10.8 Å². The number of aliphatic hydroxyl groups excluding tert-OH is 1. The molecule has 17 heavy (non-hydrogen) atoms. The van der Waals surface area contributed by atoms with E-state index in [1.807, 2.05) is 0 Å². The van der Waals surface area contributed by atoms with Gasteiger partial charge in [-0.1, -0.05) is 12.2 Å². The van der Waals surface area contributed by atoms with Gasteiger partial charge in [0.2, 0.25) is 5.91 Å². The number of furan rings is 1. The topological polar surface area (TPSA) is 79.5 Å². The fourth-order valence-corrected chi connectivity index (χ4v) is 2.11. The van der Waals surface area contributed by atoms with Crippen molar-refractivity contribution in [3.8, 4) is 0 Å². The van der Waals surface area contributed by atoms with E-state index in [4.69, 9.17) is 9.52 Å². The summed E-state index contributed by atoms with van der Waals surface area (Å²) < 4.78 is 16.6. The minimum Gasteiger partial charge on any atom is -0.468 e. The lowest BCUT2D eigenvalue weighted by molar-refractivity contribution is -0.118. The van der Waals surface area contributed by atoms with Gasteiger partial charge in [0, 0.05) is 17.3 Å². The number of carbonyl (C=O) groups excluding carboxylic acids is 1. The molecule has 6 heteroatoms. The van der Waals surface area contributed by atoms with Gasteiger partial charge >= 0.3 is 0 Å². The van der Waals surface area contributed by atoms with Gasteiger partial charge in [-0.25, -0.2) is 0 Å². The average Bonchev–Trinajstić information content (AvgIpc) is 2.77. The number of rotatable bonds is 7. The molecule has 0 bridgehead atoms. The summed E-state index contributed by atoms with van der Waals surface area (Å²) in [5, 5.41) is 11.0. The van der Waals surface area contributed by atoms with E-state index in [2.05, 4.69) is 5.32 Å². The van der Waals surface area contributed by atoms with Crippen molar-refractivity contribution in [3.05, 3.63) is 36.3 Å². The first-order chi connectivity index (χ1) is 8.22. The molecule has 0 radical (unpaired) electrons. The zero-order valence-electron chi connectivity index (χ0n) is 9.30. The maximum absolute atomic E-state index is 11.5. The number of carbonyl (C=O) groups is 1. The highest BCUT2D eigenvalue weighted by molar-refractivity contribution is 7.84. The molecule has 94 valence electrons. The predicted molar refractivity (Wildman–Crippen MR) is 64.7 cm³/mol. The van der Waals surface area contributed by atoms with Crippen LogP contribution < -0.4 is 5.32 Å². The molecule has 0 unspecified atom stereocenters. The highest BCUT2D eigenvalue weighted by atomic mass is 32.2. The van der Waals surface area contributed by atoms with Crippen LogP contribution in [-0.2, 0) is 21.3 Å². The molecule has 0 fully saturated rings. The zero-order valence-corrected chi connectivity index (χ0v) is 10.1. The normalized spacial score (nSPS) is 12.8. The maximum Gasteiger partial charge on any atom is 0.232 e. The molecule has 0 aliphatic carbocycles. The second kappa shape index (κ2) is 7.81. The van der Waals surface area contributed by atoms with Crippen LogP contribution in [-0.4, -0.2) is 34.1 Å². The van der Waals surface area contributed by atoms with Gasteiger partial charge < -0.3 is 14.8 Å². The molecule has 0 saturated carbocycles. The summed E-state index contributed by atoms with van der Waals surface area (Å²) in [4.78, 5) is 11.3. The number of hydrogen-bond donors (Lipinski definition) is 2. The smallest absolute Gasteiger partial charge is 0.232 e. The first kappa shape index (κ1) is 13.7. The second-order valence-corrected chi connectivity index (χ2v) is 4.72. The average molecular weight is 257 g/mol. The summed E-state index contributed by atoms with van der Waals surface area (Å²) >= 11 is 0. The van der Waals surface area contributed by atoms with Gasteiger partial charge in [-0.15, -0.1) is 0 Å². The molecule has 5 nitrogen and oxygen atoms in total. The van der Waals surface area contributed by atoms with E-state index in [9.17, 15) is 9.00 Å². The molecule has 0 aromatic carbocycles. The minimum atomic E-state index is -1.27. The van der Waals surface area contributed by atoms with Crippen LogP contribution >= 0.6 is 0 Å². The van der Waals surface area contributed by atoms with E-state index in [1.165, 1.54) is 12.3 Å². The Balaban J connectivity index is 2.22. The molecular weight excluding hydrogens is 242 g/mol. The van der Waals surface area contributed by atoms with Gasteiger partial charge in [-0.2, -0.15) is 0 Å². The monoisotopic (exact) mass is 257 g/mol. The number of hydrogen-bond acceptors (Lipinski definition) is 4. The number of amides is 1. The van der Waals surface area contributed by atoms with Gasteiger partial charge in [-0.05, 0) is 12.1 Å². The van der Waals surface area contributed by atoms with Crippen molar-refractivity contribution in [2.45, 2.75) is 5.75 Å². The largest absolute Gasteiger partial charge is 0.468 e. The Morgan fingerprint density at radius 3 is 3.00 bits per heavy atom. The van der Waals surface area contributed by atoms with Crippen LogP contribution in [0.15, 0.2) is 35.0 Å². The Morgan fingerprint density at radius 2 is 2.35 bits per heavy atom. The van der Waals surface area contributed by atoms with E-state index in [0.29, 0.717) is 12.3 Å². The summed E-state index contributed by atoms with van der Waals surface area (Å²) in [6.07, 6.45) is 4.67. The third kappa shape index (κ3) is 6.03. The molecule has 0 aliphatic heterocycles. The van der Waals surface area contributed by atoms with Crippen molar-refractivity contribution in [1.82, 2.24) is 5.32 Å². The summed E-state index contributed by atoms with van der Waals surface area (Å²) in [7, 11) is -1.27. The van der Waals surface area contributed by atoms with Gasteiger partial charge in [0.05, 0.1) is 18.6 Å². The highest BCUT2D eigenvalue weighted by Crippen LogP contribution is 2.03. The van der Waals surface area contributed by atoms with Crippen LogP contribution in [0.3, 0.4) is 0 Å². The van der Waals surface area contributed by atoms with Gasteiger partial charge in [-0.3, -0.25) is 9.00 Å². The second-order valence-electron chi connectivity index (χ2n) is 3.27. The van der Waals surface area contributed by atoms with Crippen LogP contribution in [0.5, 0.6) is 0 Å². The van der Waals surface area contributed by atoms with E-state index in [0.717, 1.165) is 0 Å². The minimum absolute atomic E-state index is 0.0480. The molecule has 0 saturated heterocycles. The van der Waals surface area contributed by atoms with Crippen LogP contribution in [0.4, 0.5) is 0 Å². The molecule has 2 N–H and O–H groups in total. The Labute approximate surface area is 102 Å². The van der Waals surface area contributed by atoms with E-state index in [1.54, 1.807) is 18.2 Å². The van der Waals surface area contributed by atoms with Crippen LogP contribution in [0.1, 0.15) is 5.76 Å². The molecule has 0 spiro atoms. The third-order valence-electron chi connectivity index (χ3n) is 1.86. The van der Waals surface area contributed by atoms with E-state index >= 15 is 0 Å². The number of aliphatic hydroxyl groups is 1. The third-order valence-corrected chi connectivity index (χ3v) is 3.06. The SMILES string of the molecule is O=C(C[S@](=O)Cc1ccco1)NC/C=C\CO. The Kier molecular flexibility index (Phi) is 6.27. The summed E-state index contributed by atoms with van der Waals surface area (Å²) in [6.45, 7) is 0.275. The molecule has 1 aromatic heterocycles. The first-order valence-electron chi connectivity index (χ1n) is 5.12. The predicted octanol–water partition coefficient (Wildman–Crippen LogP) is 0.193. The fourth-order valence-electron chi connectivity index (χ4n) is 1.13. The zero-order chi connectivity index (χ0) is 12.5. The van der Waals surface area contributed by atoms with Crippen molar-refractivity contribution in [1.29, 1.82) is 0 Å². The first-order valence-corrected chi connectivity index (χ1v) is 6.61. The van der Waals surface area contributed by atoms with Gasteiger partial charge in [0.25, 0.3) is 0 Å². The maximum atomic E-state index is 11.5. The Bertz CT molecular complexity index is 386. The Morgan fingerprint density at radius 1 is 1.53 bits per heavy atom. The van der Waals surface area contributed by atoms with Crippen molar-refractivity contribution in [2.75, 3.05) is 18.9 Å². The molecule has 1 rings (SSSR count). The number of nitrogens with one attached hydrogen (secondary N) is 1. The standard InChI is InChI=1S/C11H15NO4S/c13-6-2-1-5-12-11(14)9-17(15)8-10-4-3-7-16-10/h1-4,7,13H,5-6,8-9H2,(H,12,14)/b2-1-/t17-/m1/s1. The summed E-state index contributed by atoms with van der Waals surface area (Å²) in [6, 6.07) is 3.44.